The first-order valence-electron chi connectivity index (χ1n) is 9.60. The van der Waals surface area contributed by atoms with E-state index in [2.05, 4.69) is 13.8 Å². The SMILES string of the molecule is CC(C)CCCCCCCCCCCCc1cc(O)cc(O)c1. The molecule has 1 aromatic rings. The van der Waals surface area contributed by atoms with Crippen molar-refractivity contribution in [3.05, 3.63) is 23.8 Å². The molecular weight excluding hydrogens is 284 g/mol. The molecule has 0 bridgehead atoms. The van der Waals surface area contributed by atoms with Crippen LogP contribution in [0.4, 0.5) is 0 Å². The Morgan fingerprint density at radius 2 is 1.09 bits per heavy atom. The van der Waals surface area contributed by atoms with E-state index in [1.165, 1.54) is 70.3 Å². The quantitative estimate of drug-likeness (QED) is 0.403. The van der Waals surface area contributed by atoms with E-state index in [4.69, 9.17) is 0 Å². The number of rotatable bonds is 13. The van der Waals surface area contributed by atoms with E-state index in [-0.39, 0.29) is 11.5 Å². The third-order valence-electron chi connectivity index (χ3n) is 4.46. The molecule has 132 valence electrons. The summed E-state index contributed by atoms with van der Waals surface area (Å²) in [6.07, 6.45) is 15.7. The standard InChI is InChI=1S/C21H36O2/c1-18(2)13-11-9-7-5-3-4-6-8-10-12-14-19-15-20(22)17-21(23)16-19/h15-18,22-23H,3-14H2,1-2H3. The second-order valence-electron chi connectivity index (χ2n) is 7.33. The fourth-order valence-electron chi connectivity index (χ4n) is 3.10. The molecule has 2 nitrogen and oxygen atoms in total. The van der Waals surface area contributed by atoms with Gasteiger partial charge in [0.2, 0.25) is 0 Å². The second kappa shape index (κ2) is 12.3. The van der Waals surface area contributed by atoms with Gasteiger partial charge in [-0.3, -0.25) is 0 Å². The first kappa shape index (κ1) is 19.9. The maximum atomic E-state index is 9.44. The maximum absolute atomic E-state index is 9.44. The van der Waals surface area contributed by atoms with Gasteiger partial charge in [-0.05, 0) is 36.5 Å². The normalized spacial score (nSPS) is 11.3. The van der Waals surface area contributed by atoms with Crippen molar-refractivity contribution in [1.29, 1.82) is 0 Å². The van der Waals surface area contributed by atoms with Crippen molar-refractivity contribution in [1.82, 2.24) is 0 Å². The zero-order valence-corrected chi connectivity index (χ0v) is 15.2. The van der Waals surface area contributed by atoms with Gasteiger partial charge in [0.05, 0.1) is 0 Å². The number of hydrogen-bond donors (Lipinski definition) is 2. The summed E-state index contributed by atoms with van der Waals surface area (Å²) in [6.45, 7) is 4.62. The molecule has 0 aliphatic rings. The molecule has 0 radical (unpaired) electrons. The lowest BCUT2D eigenvalue weighted by Crippen LogP contribution is -1.88. The molecule has 2 heteroatoms. The van der Waals surface area contributed by atoms with Gasteiger partial charge >= 0.3 is 0 Å². The average molecular weight is 321 g/mol. The predicted octanol–water partition coefficient (Wildman–Crippen LogP) is 6.59. The van der Waals surface area contributed by atoms with Crippen molar-refractivity contribution < 1.29 is 10.2 Å². The van der Waals surface area contributed by atoms with E-state index >= 15 is 0 Å². The van der Waals surface area contributed by atoms with Crippen LogP contribution in [0.25, 0.3) is 0 Å². The smallest absolute Gasteiger partial charge is 0.119 e. The second-order valence-corrected chi connectivity index (χ2v) is 7.33. The molecule has 0 saturated heterocycles. The first-order valence-corrected chi connectivity index (χ1v) is 9.60. The summed E-state index contributed by atoms with van der Waals surface area (Å²) < 4.78 is 0. The fraction of sp³-hybridized carbons (Fsp3) is 0.714. The number of unbranched alkanes of at least 4 members (excludes halogenated alkanes) is 9. The van der Waals surface area contributed by atoms with Crippen LogP contribution in [0.3, 0.4) is 0 Å². The van der Waals surface area contributed by atoms with Crippen molar-refractivity contribution in [2.45, 2.75) is 90.9 Å². The lowest BCUT2D eigenvalue weighted by Gasteiger charge is -2.05. The van der Waals surface area contributed by atoms with Gasteiger partial charge in [-0.1, -0.05) is 78.1 Å². The molecule has 23 heavy (non-hydrogen) atoms. The van der Waals surface area contributed by atoms with E-state index in [1.54, 1.807) is 12.1 Å². The number of aromatic hydroxyl groups is 2. The van der Waals surface area contributed by atoms with Crippen molar-refractivity contribution in [3.63, 3.8) is 0 Å². The highest BCUT2D eigenvalue weighted by molar-refractivity contribution is 5.36. The summed E-state index contributed by atoms with van der Waals surface area (Å²) in [5.41, 5.74) is 1.03. The van der Waals surface area contributed by atoms with E-state index in [0.717, 1.165) is 24.3 Å². The number of phenols is 2. The van der Waals surface area contributed by atoms with Gasteiger partial charge < -0.3 is 10.2 Å². The van der Waals surface area contributed by atoms with Crippen LogP contribution in [0.5, 0.6) is 11.5 Å². The minimum atomic E-state index is 0.161. The first-order chi connectivity index (χ1) is 11.1. The highest BCUT2D eigenvalue weighted by atomic mass is 16.3. The van der Waals surface area contributed by atoms with Crippen LogP contribution < -0.4 is 0 Å². The molecule has 0 amide bonds. The Morgan fingerprint density at radius 3 is 1.57 bits per heavy atom. The predicted molar refractivity (Wildman–Crippen MR) is 99.1 cm³/mol. The summed E-state index contributed by atoms with van der Waals surface area (Å²) in [6, 6.07) is 4.88. The zero-order chi connectivity index (χ0) is 16.9. The summed E-state index contributed by atoms with van der Waals surface area (Å²) in [7, 11) is 0. The van der Waals surface area contributed by atoms with Crippen LogP contribution in [0.15, 0.2) is 18.2 Å². The van der Waals surface area contributed by atoms with E-state index < -0.39 is 0 Å². The maximum Gasteiger partial charge on any atom is 0.119 e. The molecule has 0 heterocycles. The lowest BCUT2D eigenvalue weighted by atomic mass is 10.0. The van der Waals surface area contributed by atoms with Crippen LogP contribution in [-0.4, -0.2) is 10.2 Å². The lowest BCUT2D eigenvalue weighted by molar-refractivity contribution is 0.449. The topological polar surface area (TPSA) is 40.5 Å². The van der Waals surface area contributed by atoms with Crippen molar-refractivity contribution in [2.24, 2.45) is 5.92 Å². The average Bonchev–Trinajstić information content (AvgIpc) is 2.47. The molecule has 0 aliphatic carbocycles. The van der Waals surface area contributed by atoms with Crippen LogP contribution in [-0.2, 0) is 6.42 Å². The molecule has 0 fully saturated rings. The van der Waals surface area contributed by atoms with Gasteiger partial charge in [0, 0.05) is 6.07 Å². The summed E-state index contributed by atoms with van der Waals surface area (Å²) in [4.78, 5) is 0. The van der Waals surface area contributed by atoms with E-state index in [1.807, 2.05) is 0 Å². The fourth-order valence-corrected chi connectivity index (χ4v) is 3.10. The highest BCUT2D eigenvalue weighted by Crippen LogP contribution is 2.22. The van der Waals surface area contributed by atoms with Crippen molar-refractivity contribution in [3.8, 4) is 11.5 Å². The van der Waals surface area contributed by atoms with Gasteiger partial charge in [0.15, 0.2) is 0 Å². The van der Waals surface area contributed by atoms with Crippen molar-refractivity contribution in [2.75, 3.05) is 0 Å². The molecule has 1 rings (SSSR count). The molecule has 0 atom stereocenters. The Balaban J connectivity index is 1.88. The number of hydrogen-bond acceptors (Lipinski definition) is 2. The number of phenolic OH excluding ortho intramolecular Hbond substituents is 2. The molecule has 1 aromatic carbocycles. The Bertz CT molecular complexity index is 392. The van der Waals surface area contributed by atoms with Crippen LogP contribution in [0, 0.1) is 5.92 Å². The van der Waals surface area contributed by atoms with Gasteiger partial charge in [0.25, 0.3) is 0 Å². The monoisotopic (exact) mass is 320 g/mol. The van der Waals surface area contributed by atoms with Gasteiger partial charge in [-0.25, -0.2) is 0 Å². The molecule has 0 aromatic heterocycles. The molecule has 0 saturated carbocycles. The van der Waals surface area contributed by atoms with E-state index in [9.17, 15) is 10.2 Å². The van der Waals surface area contributed by atoms with Gasteiger partial charge in [-0.2, -0.15) is 0 Å². The Morgan fingerprint density at radius 1 is 0.652 bits per heavy atom. The summed E-state index contributed by atoms with van der Waals surface area (Å²) >= 11 is 0. The third kappa shape index (κ3) is 11.1. The Hall–Kier alpha value is -1.18. The highest BCUT2D eigenvalue weighted by Gasteiger charge is 2.00. The Labute approximate surface area is 142 Å². The summed E-state index contributed by atoms with van der Waals surface area (Å²) in [5, 5.41) is 18.9. The zero-order valence-electron chi connectivity index (χ0n) is 15.2. The Kier molecular flexibility index (Phi) is 10.6. The third-order valence-corrected chi connectivity index (χ3v) is 4.46. The van der Waals surface area contributed by atoms with Crippen LogP contribution >= 0.6 is 0 Å². The molecular formula is C21H36O2. The molecule has 0 unspecified atom stereocenters. The van der Waals surface area contributed by atoms with Gasteiger partial charge in [-0.15, -0.1) is 0 Å². The number of benzene rings is 1. The van der Waals surface area contributed by atoms with Crippen LogP contribution in [0.1, 0.15) is 90.0 Å². The summed E-state index contributed by atoms with van der Waals surface area (Å²) in [5.74, 6) is 1.18. The molecule has 0 spiro atoms. The van der Waals surface area contributed by atoms with Gasteiger partial charge in [0.1, 0.15) is 11.5 Å². The van der Waals surface area contributed by atoms with Crippen LogP contribution in [0.2, 0.25) is 0 Å². The van der Waals surface area contributed by atoms with E-state index in [0.29, 0.717) is 0 Å². The van der Waals surface area contributed by atoms with Crippen molar-refractivity contribution >= 4 is 0 Å². The molecule has 0 aliphatic heterocycles. The number of aryl methyl sites for hydroxylation is 1. The molecule has 2 N–H and O–H groups in total. The minimum Gasteiger partial charge on any atom is -0.508 e. The largest absolute Gasteiger partial charge is 0.508 e. The minimum absolute atomic E-state index is 0.161.